The predicted molar refractivity (Wildman–Crippen MR) is 130 cm³/mol. The third kappa shape index (κ3) is 5.16. The molecule has 4 aliphatic heterocycles. The van der Waals surface area contributed by atoms with Gasteiger partial charge in [0.1, 0.15) is 11.9 Å². The van der Waals surface area contributed by atoms with Crippen molar-refractivity contribution in [1.29, 1.82) is 0 Å². The van der Waals surface area contributed by atoms with Gasteiger partial charge in [-0.2, -0.15) is 0 Å². The fourth-order valence-electron chi connectivity index (χ4n) is 5.70. The Hall–Kier alpha value is -2.45. The van der Waals surface area contributed by atoms with Gasteiger partial charge in [0, 0.05) is 52.9 Å². The van der Waals surface area contributed by atoms with Crippen molar-refractivity contribution in [2.45, 2.75) is 31.3 Å². The number of nitrogens with one attached hydrogen (secondary N) is 3. The number of aromatic nitrogens is 1. The molecule has 5 N–H and O–H groups in total. The standard InChI is InChI=1S/C23H35F2N9O2/c1-31-6-7-32(13-18(31)35)11-14-2-4-33(5-3-14)20-16(25)9-27-10-17(20)29-23(36)19-21(26)30-34-12-15(24)8-28-22(19)34/h9-10,14-15,19,21-22,28,30H,2-8,11-13,26H2,1H3,(H,29,36). The number of hydrogen-bond donors (Lipinski definition) is 4. The number of pyridine rings is 1. The van der Waals surface area contributed by atoms with Gasteiger partial charge in [-0.3, -0.25) is 24.8 Å². The number of rotatable bonds is 5. The fourth-order valence-corrected chi connectivity index (χ4v) is 5.70. The molecule has 0 bridgehead atoms. The molecule has 13 heteroatoms. The Kier molecular flexibility index (Phi) is 7.35. The molecular weight excluding hydrogens is 472 g/mol. The number of halogens is 2. The van der Waals surface area contributed by atoms with E-state index < -0.39 is 30.2 Å². The molecule has 2 amide bonds. The molecule has 4 aliphatic rings. The Morgan fingerprint density at radius 2 is 2.03 bits per heavy atom. The van der Waals surface area contributed by atoms with Crippen molar-refractivity contribution in [3.63, 3.8) is 0 Å². The summed E-state index contributed by atoms with van der Waals surface area (Å²) >= 11 is 0. The van der Waals surface area contributed by atoms with Crippen molar-refractivity contribution in [3.05, 3.63) is 18.2 Å². The monoisotopic (exact) mass is 507 g/mol. The first kappa shape index (κ1) is 25.2. The van der Waals surface area contributed by atoms with E-state index >= 15 is 0 Å². The zero-order valence-electron chi connectivity index (χ0n) is 20.5. The van der Waals surface area contributed by atoms with E-state index in [1.807, 2.05) is 11.9 Å². The van der Waals surface area contributed by atoms with Gasteiger partial charge in [0.2, 0.25) is 11.8 Å². The van der Waals surface area contributed by atoms with Crippen molar-refractivity contribution >= 4 is 23.2 Å². The number of alkyl halides is 1. The molecule has 0 aromatic carbocycles. The van der Waals surface area contributed by atoms with E-state index in [0.29, 0.717) is 36.9 Å². The van der Waals surface area contributed by atoms with Crippen LogP contribution in [0.15, 0.2) is 12.4 Å². The van der Waals surface area contributed by atoms with Gasteiger partial charge in [-0.1, -0.05) is 0 Å². The summed E-state index contributed by atoms with van der Waals surface area (Å²) < 4.78 is 28.8. The molecule has 5 rings (SSSR count). The van der Waals surface area contributed by atoms with Gasteiger partial charge in [0.15, 0.2) is 5.82 Å². The quantitative estimate of drug-likeness (QED) is 0.403. The highest BCUT2D eigenvalue weighted by atomic mass is 19.1. The number of nitrogens with two attached hydrogens (primary N) is 1. The summed E-state index contributed by atoms with van der Waals surface area (Å²) in [5, 5.41) is 7.49. The van der Waals surface area contributed by atoms with E-state index in [0.717, 1.165) is 38.7 Å². The lowest BCUT2D eigenvalue weighted by atomic mass is 9.95. The summed E-state index contributed by atoms with van der Waals surface area (Å²) in [4.78, 5) is 35.1. The summed E-state index contributed by atoms with van der Waals surface area (Å²) in [7, 11) is 1.83. The van der Waals surface area contributed by atoms with E-state index in [9.17, 15) is 18.4 Å². The highest BCUT2D eigenvalue weighted by Gasteiger charge is 2.47. The van der Waals surface area contributed by atoms with E-state index in [1.54, 1.807) is 9.91 Å². The van der Waals surface area contributed by atoms with Crippen molar-refractivity contribution in [2.24, 2.45) is 17.6 Å². The minimum atomic E-state index is -1.05. The van der Waals surface area contributed by atoms with Crippen LogP contribution < -0.4 is 26.7 Å². The average molecular weight is 508 g/mol. The van der Waals surface area contributed by atoms with Crippen LogP contribution in [-0.2, 0) is 9.59 Å². The second kappa shape index (κ2) is 10.5. The largest absolute Gasteiger partial charge is 0.367 e. The third-order valence-electron chi connectivity index (χ3n) is 7.74. The maximum atomic E-state index is 15.0. The van der Waals surface area contributed by atoms with Crippen LogP contribution >= 0.6 is 0 Å². The van der Waals surface area contributed by atoms with Gasteiger partial charge in [0.25, 0.3) is 0 Å². The molecule has 0 spiro atoms. The van der Waals surface area contributed by atoms with Gasteiger partial charge in [-0.25, -0.2) is 19.2 Å². The Labute approximate surface area is 209 Å². The molecule has 0 radical (unpaired) electrons. The molecule has 4 atom stereocenters. The molecular formula is C23H35F2N9O2. The van der Waals surface area contributed by atoms with Gasteiger partial charge < -0.3 is 20.9 Å². The number of piperazine rings is 1. The first-order chi connectivity index (χ1) is 17.3. The zero-order valence-corrected chi connectivity index (χ0v) is 20.5. The molecule has 5 heterocycles. The van der Waals surface area contributed by atoms with Gasteiger partial charge >= 0.3 is 0 Å². The second-order valence-electron chi connectivity index (χ2n) is 10.3. The number of hydrogen-bond acceptors (Lipinski definition) is 9. The van der Waals surface area contributed by atoms with Crippen LogP contribution in [0, 0.1) is 17.7 Å². The van der Waals surface area contributed by atoms with Crippen LogP contribution in [-0.4, -0.2) is 110 Å². The minimum absolute atomic E-state index is 0.138. The van der Waals surface area contributed by atoms with Gasteiger partial charge in [0.05, 0.1) is 42.9 Å². The van der Waals surface area contributed by atoms with E-state index in [4.69, 9.17) is 5.73 Å². The number of fused-ring (bicyclic) bond motifs is 1. The van der Waals surface area contributed by atoms with Crippen LogP contribution in [0.1, 0.15) is 12.8 Å². The highest BCUT2D eigenvalue weighted by Crippen LogP contribution is 2.33. The lowest BCUT2D eigenvalue weighted by molar-refractivity contribution is -0.134. The van der Waals surface area contributed by atoms with Gasteiger partial charge in [-0.05, 0) is 18.8 Å². The molecule has 4 saturated heterocycles. The molecule has 0 saturated carbocycles. The normalized spacial score (nSPS) is 30.5. The number of carbonyl (C=O) groups excluding carboxylic acids is 2. The molecule has 36 heavy (non-hydrogen) atoms. The summed E-state index contributed by atoms with van der Waals surface area (Å²) in [5.41, 5.74) is 9.73. The summed E-state index contributed by atoms with van der Waals surface area (Å²) in [5.74, 6) is -1.000. The van der Waals surface area contributed by atoms with Gasteiger partial charge in [-0.15, -0.1) is 0 Å². The highest BCUT2D eigenvalue weighted by molar-refractivity contribution is 5.96. The number of carbonyl (C=O) groups is 2. The van der Waals surface area contributed by atoms with Crippen LogP contribution in [0.4, 0.5) is 20.2 Å². The van der Waals surface area contributed by atoms with Crippen LogP contribution in [0.2, 0.25) is 0 Å². The van der Waals surface area contributed by atoms with Crippen molar-refractivity contribution in [3.8, 4) is 0 Å². The van der Waals surface area contributed by atoms with Crippen molar-refractivity contribution < 1.29 is 18.4 Å². The lowest BCUT2D eigenvalue weighted by Gasteiger charge is -2.38. The van der Waals surface area contributed by atoms with Crippen molar-refractivity contribution in [2.75, 3.05) is 69.6 Å². The van der Waals surface area contributed by atoms with E-state index in [-0.39, 0.29) is 24.9 Å². The third-order valence-corrected chi connectivity index (χ3v) is 7.74. The maximum Gasteiger partial charge on any atom is 0.236 e. The molecule has 4 fully saturated rings. The Morgan fingerprint density at radius 1 is 1.25 bits per heavy atom. The Balaban J connectivity index is 1.22. The molecule has 11 nitrogen and oxygen atoms in total. The number of nitrogens with zero attached hydrogens (tertiary/aromatic N) is 5. The average Bonchev–Trinajstić information content (AvgIpc) is 3.17. The van der Waals surface area contributed by atoms with E-state index in [2.05, 4.69) is 25.9 Å². The lowest BCUT2D eigenvalue weighted by Crippen LogP contribution is -2.58. The summed E-state index contributed by atoms with van der Waals surface area (Å²) in [6.07, 6.45) is 2.12. The smallest absolute Gasteiger partial charge is 0.236 e. The van der Waals surface area contributed by atoms with Crippen LogP contribution in [0.25, 0.3) is 0 Å². The minimum Gasteiger partial charge on any atom is -0.367 e. The molecule has 4 unspecified atom stereocenters. The topological polar surface area (TPSA) is 122 Å². The second-order valence-corrected chi connectivity index (χ2v) is 10.3. The first-order valence-corrected chi connectivity index (χ1v) is 12.6. The van der Waals surface area contributed by atoms with Crippen molar-refractivity contribution in [1.82, 2.24) is 30.5 Å². The number of amides is 2. The first-order valence-electron chi connectivity index (χ1n) is 12.6. The SMILES string of the molecule is CN1CCN(CC2CCN(c3c(F)cncc3NC(=O)C3C(N)NN4CC(F)CNC34)CC2)CC1=O. The number of likely N-dealkylation sites (N-methyl/N-ethyl adjacent to an activating group) is 1. The maximum absolute atomic E-state index is 15.0. The number of hydrazine groups is 1. The zero-order chi connectivity index (χ0) is 25.4. The summed E-state index contributed by atoms with van der Waals surface area (Å²) in [6.45, 7) is 4.46. The molecule has 198 valence electrons. The van der Waals surface area contributed by atoms with Crippen LogP contribution in [0.3, 0.4) is 0 Å². The predicted octanol–water partition coefficient (Wildman–Crippen LogP) is -0.862. The fraction of sp³-hybridized carbons (Fsp3) is 0.696. The molecule has 1 aromatic rings. The Morgan fingerprint density at radius 3 is 2.78 bits per heavy atom. The molecule has 0 aliphatic carbocycles. The Bertz CT molecular complexity index is 977. The number of anilines is 2. The van der Waals surface area contributed by atoms with Crippen LogP contribution in [0.5, 0.6) is 0 Å². The summed E-state index contributed by atoms with van der Waals surface area (Å²) in [6, 6.07) is 0. The van der Waals surface area contributed by atoms with E-state index in [1.165, 1.54) is 6.20 Å². The number of piperidine rings is 1. The molecule has 1 aromatic heterocycles.